The summed E-state index contributed by atoms with van der Waals surface area (Å²) in [6.07, 6.45) is 0. The molecule has 1 aliphatic heterocycles. The van der Waals surface area contributed by atoms with E-state index in [1.54, 1.807) is 19.9 Å². The first-order chi connectivity index (χ1) is 14.2. The molecule has 1 heterocycles. The number of sulfonamides is 1. The molecule has 3 rings (SSSR count). The molecular weight excluding hydrogens is 404 g/mol. The fourth-order valence-corrected chi connectivity index (χ4v) is 4.73. The molecule has 8 heteroatoms. The van der Waals surface area contributed by atoms with Crippen LogP contribution in [0.25, 0.3) is 0 Å². The first-order valence-electron chi connectivity index (χ1n) is 9.97. The fraction of sp³-hybridized carbons (Fsp3) is 0.409. The fourth-order valence-electron chi connectivity index (χ4n) is 3.37. The third-order valence-corrected chi connectivity index (χ3v) is 6.51. The van der Waals surface area contributed by atoms with Crippen molar-refractivity contribution in [1.29, 1.82) is 0 Å². The third kappa shape index (κ3) is 4.94. The van der Waals surface area contributed by atoms with E-state index in [4.69, 9.17) is 9.47 Å². The number of aryl methyl sites for hydroxylation is 1. The van der Waals surface area contributed by atoms with Crippen LogP contribution in [0.15, 0.2) is 47.4 Å². The minimum atomic E-state index is -3.94. The van der Waals surface area contributed by atoms with Crippen LogP contribution in [0.5, 0.6) is 11.5 Å². The maximum absolute atomic E-state index is 13.0. The Balaban J connectivity index is 1.77. The standard InChI is InChI=1S/C22H28N2O5S/c1-14(2)21(22(25)23-16(4)18-8-6-5-7-15(18)3)24-30(26,27)17-9-10-19-20(13-17)29-12-11-28-19/h5-10,13-14,16,21,24H,11-12H2,1-4H3,(H,23,25)/t16-,21+/m0/s1. The Labute approximate surface area is 177 Å². The Hall–Kier alpha value is -2.58. The molecule has 2 aromatic rings. The molecule has 0 saturated carbocycles. The number of fused-ring (bicyclic) bond motifs is 1. The predicted octanol–water partition coefficient (Wildman–Crippen LogP) is 2.95. The molecule has 0 fully saturated rings. The van der Waals surface area contributed by atoms with E-state index in [0.29, 0.717) is 24.7 Å². The summed E-state index contributed by atoms with van der Waals surface area (Å²) in [4.78, 5) is 13.0. The van der Waals surface area contributed by atoms with Gasteiger partial charge in [0.2, 0.25) is 15.9 Å². The summed E-state index contributed by atoms with van der Waals surface area (Å²) in [5.74, 6) is 0.260. The molecule has 0 bridgehead atoms. The molecule has 162 valence electrons. The van der Waals surface area contributed by atoms with E-state index in [-0.39, 0.29) is 22.8 Å². The summed E-state index contributed by atoms with van der Waals surface area (Å²) in [7, 11) is -3.94. The summed E-state index contributed by atoms with van der Waals surface area (Å²) < 4.78 is 39.4. The van der Waals surface area contributed by atoms with Gasteiger partial charge in [-0.3, -0.25) is 4.79 Å². The quantitative estimate of drug-likeness (QED) is 0.702. The van der Waals surface area contributed by atoms with Gasteiger partial charge in [0.15, 0.2) is 11.5 Å². The van der Waals surface area contributed by atoms with Gasteiger partial charge in [-0.2, -0.15) is 4.72 Å². The van der Waals surface area contributed by atoms with Crippen LogP contribution in [0.3, 0.4) is 0 Å². The van der Waals surface area contributed by atoms with Crippen LogP contribution in [-0.4, -0.2) is 33.6 Å². The topological polar surface area (TPSA) is 93.7 Å². The lowest BCUT2D eigenvalue weighted by Crippen LogP contribution is -2.50. The van der Waals surface area contributed by atoms with Gasteiger partial charge in [0, 0.05) is 6.07 Å². The first kappa shape index (κ1) is 22.1. The van der Waals surface area contributed by atoms with Crippen molar-refractivity contribution in [2.75, 3.05) is 13.2 Å². The van der Waals surface area contributed by atoms with Gasteiger partial charge < -0.3 is 14.8 Å². The molecule has 30 heavy (non-hydrogen) atoms. The smallest absolute Gasteiger partial charge is 0.241 e. The number of hydrogen-bond donors (Lipinski definition) is 2. The van der Waals surface area contributed by atoms with Crippen LogP contribution in [0.4, 0.5) is 0 Å². The molecular formula is C22H28N2O5S. The predicted molar refractivity (Wildman–Crippen MR) is 114 cm³/mol. The van der Waals surface area contributed by atoms with Crippen LogP contribution < -0.4 is 19.5 Å². The maximum Gasteiger partial charge on any atom is 0.241 e. The maximum atomic E-state index is 13.0. The zero-order chi connectivity index (χ0) is 21.9. The van der Waals surface area contributed by atoms with E-state index in [1.165, 1.54) is 12.1 Å². The van der Waals surface area contributed by atoms with Crippen molar-refractivity contribution in [3.05, 3.63) is 53.6 Å². The van der Waals surface area contributed by atoms with Crippen LogP contribution in [-0.2, 0) is 14.8 Å². The Morgan fingerprint density at radius 2 is 1.67 bits per heavy atom. The van der Waals surface area contributed by atoms with Gasteiger partial charge in [-0.05, 0) is 43.0 Å². The van der Waals surface area contributed by atoms with E-state index >= 15 is 0 Å². The normalized spacial score (nSPS) is 15.5. The van der Waals surface area contributed by atoms with E-state index in [9.17, 15) is 13.2 Å². The molecule has 0 radical (unpaired) electrons. The minimum absolute atomic E-state index is 0.0251. The summed E-state index contributed by atoms with van der Waals surface area (Å²) >= 11 is 0. The van der Waals surface area contributed by atoms with Gasteiger partial charge in [-0.15, -0.1) is 0 Å². The molecule has 2 atom stereocenters. The van der Waals surface area contributed by atoms with Crippen molar-refractivity contribution in [3.8, 4) is 11.5 Å². The van der Waals surface area contributed by atoms with Gasteiger partial charge in [0.05, 0.1) is 10.9 Å². The SMILES string of the molecule is Cc1ccccc1[C@H](C)NC(=O)[C@H](NS(=O)(=O)c1ccc2c(c1)OCCO2)C(C)C. The highest BCUT2D eigenvalue weighted by molar-refractivity contribution is 7.89. The third-order valence-electron chi connectivity index (χ3n) is 5.07. The second-order valence-electron chi connectivity index (χ2n) is 7.74. The van der Waals surface area contributed by atoms with Gasteiger partial charge in [0.25, 0.3) is 0 Å². The molecule has 0 unspecified atom stereocenters. The zero-order valence-electron chi connectivity index (χ0n) is 17.6. The molecule has 1 aliphatic rings. The highest BCUT2D eigenvalue weighted by Crippen LogP contribution is 2.32. The number of nitrogens with one attached hydrogen (secondary N) is 2. The van der Waals surface area contributed by atoms with Crippen molar-refractivity contribution < 1.29 is 22.7 Å². The Bertz CT molecular complexity index is 1020. The first-order valence-corrected chi connectivity index (χ1v) is 11.4. The molecule has 7 nitrogen and oxygen atoms in total. The number of carbonyl (C=O) groups is 1. The molecule has 0 aromatic heterocycles. The molecule has 2 aromatic carbocycles. The number of rotatable bonds is 7. The summed E-state index contributed by atoms with van der Waals surface area (Å²) in [6, 6.07) is 11.0. The van der Waals surface area contributed by atoms with Crippen LogP contribution in [0.2, 0.25) is 0 Å². The number of ether oxygens (including phenoxy) is 2. The van der Waals surface area contributed by atoms with Gasteiger partial charge >= 0.3 is 0 Å². The van der Waals surface area contributed by atoms with Crippen LogP contribution in [0.1, 0.15) is 37.9 Å². The Morgan fingerprint density at radius 1 is 1.00 bits per heavy atom. The Kier molecular flexibility index (Phi) is 6.67. The average molecular weight is 433 g/mol. The van der Waals surface area contributed by atoms with E-state index in [0.717, 1.165) is 11.1 Å². The molecule has 0 saturated heterocycles. The van der Waals surface area contributed by atoms with Crippen molar-refractivity contribution >= 4 is 15.9 Å². The average Bonchev–Trinajstić information content (AvgIpc) is 2.71. The molecule has 0 spiro atoms. The lowest BCUT2D eigenvalue weighted by Gasteiger charge is -2.25. The largest absolute Gasteiger partial charge is 0.486 e. The molecule has 2 N–H and O–H groups in total. The molecule has 0 aliphatic carbocycles. The Morgan fingerprint density at radius 3 is 2.33 bits per heavy atom. The lowest BCUT2D eigenvalue weighted by molar-refractivity contribution is -0.124. The number of hydrogen-bond acceptors (Lipinski definition) is 5. The van der Waals surface area contributed by atoms with Gasteiger partial charge in [-0.25, -0.2) is 8.42 Å². The van der Waals surface area contributed by atoms with Crippen molar-refractivity contribution in [3.63, 3.8) is 0 Å². The van der Waals surface area contributed by atoms with E-state index < -0.39 is 16.1 Å². The second-order valence-corrected chi connectivity index (χ2v) is 9.45. The number of benzene rings is 2. The summed E-state index contributed by atoms with van der Waals surface area (Å²) in [5.41, 5.74) is 2.05. The van der Waals surface area contributed by atoms with Crippen molar-refractivity contribution in [2.24, 2.45) is 5.92 Å². The van der Waals surface area contributed by atoms with Gasteiger partial charge in [-0.1, -0.05) is 38.1 Å². The van der Waals surface area contributed by atoms with Crippen LogP contribution >= 0.6 is 0 Å². The highest BCUT2D eigenvalue weighted by Gasteiger charge is 2.30. The lowest BCUT2D eigenvalue weighted by atomic mass is 10.0. The second kappa shape index (κ2) is 9.06. The summed E-state index contributed by atoms with van der Waals surface area (Å²) in [6.45, 7) is 8.24. The van der Waals surface area contributed by atoms with E-state index in [1.807, 2.05) is 38.1 Å². The monoisotopic (exact) mass is 432 g/mol. The van der Waals surface area contributed by atoms with Crippen molar-refractivity contribution in [1.82, 2.24) is 10.0 Å². The highest BCUT2D eigenvalue weighted by atomic mass is 32.2. The summed E-state index contributed by atoms with van der Waals surface area (Å²) in [5, 5.41) is 2.93. The van der Waals surface area contributed by atoms with Gasteiger partial charge in [0.1, 0.15) is 19.3 Å². The van der Waals surface area contributed by atoms with Crippen LogP contribution in [0, 0.1) is 12.8 Å². The number of carbonyl (C=O) groups excluding carboxylic acids is 1. The number of amides is 1. The van der Waals surface area contributed by atoms with E-state index in [2.05, 4.69) is 10.0 Å². The molecule has 1 amide bonds. The zero-order valence-corrected chi connectivity index (χ0v) is 18.5. The minimum Gasteiger partial charge on any atom is -0.486 e. The van der Waals surface area contributed by atoms with Crippen molar-refractivity contribution in [2.45, 2.75) is 44.7 Å².